The van der Waals surface area contributed by atoms with Crippen LogP contribution in [0.3, 0.4) is 0 Å². The summed E-state index contributed by atoms with van der Waals surface area (Å²) in [5.41, 5.74) is 4.01. The normalized spacial score (nSPS) is 13.3. The average Bonchev–Trinajstić information content (AvgIpc) is 3.17. The van der Waals surface area contributed by atoms with E-state index in [9.17, 15) is 31.1 Å². The summed E-state index contributed by atoms with van der Waals surface area (Å²) in [6, 6.07) is 5.00. The molecule has 2 aromatic carbocycles. The van der Waals surface area contributed by atoms with Gasteiger partial charge in [0.1, 0.15) is 5.75 Å². The lowest BCUT2D eigenvalue weighted by Crippen LogP contribution is -2.27. The van der Waals surface area contributed by atoms with Gasteiger partial charge in [0.15, 0.2) is 11.3 Å². The second kappa shape index (κ2) is 9.55. The van der Waals surface area contributed by atoms with Crippen LogP contribution in [0.15, 0.2) is 34.9 Å². The fourth-order valence-corrected chi connectivity index (χ4v) is 3.72. The predicted octanol–water partition coefficient (Wildman–Crippen LogP) is 6.38. The van der Waals surface area contributed by atoms with Crippen molar-refractivity contribution < 1.29 is 40.4 Å². The zero-order chi connectivity index (χ0) is 25.3. The van der Waals surface area contributed by atoms with E-state index in [2.05, 4.69) is 5.16 Å². The Kier molecular flexibility index (Phi) is 7.13. The van der Waals surface area contributed by atoms with Crippen molar-refractivity contribution in [2.75, 3.05) is 0 Å². The van der Waals surface area contributed by atoms with Crippen molar-refractivity contribution in [2.24, 2.45) is 5.73 Å². The van der Waals surface area contributed by atoms with Crippen molar-refractivity contribution >= 4 is 16.9 Å². The summed E-state index contributed by atoms with van der Waals surface area (Å²) in [6.07, 6.45) is -9.19. The zero-order valence-electron chi connectivity index (χ0n) is 18.3. The first-order valence-electron chi connectivity index (χ1n) is 10.5. The molecule has 0 aliphatic heterocycles. The molecule has 0 fully saturated rings. The molecule has 5 nitrogen and oxygen atoms in total. The van der Waals surface area contributed by atoms with Crippen LogP contribution in [0, 0.1) is 0 Å². The van der Waals surface area contributed by atoms with Gasteiger partial charge in [0.05, 0.1) is 10.9 Å². The molecule has 0 aliphatic rings. The molecule has 0 spiro atoms. The lowest BCUT2D eigenvalue weighted by molar-refractivity contribution is -0.141. The molecule has 3 rings (SSSR count). The van der Waals surface area contributed by atoms with Crippen molar-refractivity contribution in [2.45, 2.75) is 58.0 Å². The van der Waals surface area contributed by atoms with Crippen molar-refractivity contribution in [3.05, 3.63) is 58.3 Å². The van der Waals surface area contributed by atoms with Gasteiger partial charge in [-0.1, -0.05) is 44.0 Å². The minimum atomic E-state index is -4.74. The molecule has 1 unspecified atom stereocenters. The van der Waals surface area contributed by atoms with Crippen LogP contribution in [-0.4, -0.2) is 11.1 Å². The van der Waals surface area contributed by atoms with Crippen LogP contribution in [0.4, 0.5) is 26.3 Å². The van der Waals surface area contributed by atoms with Gasteiger partial charge in [0, 0.05) is 11.1 Å². The number of aryl methyl sites for hydroxylation is 2. The Hall–Kier alpha value is -3.24. The number of primary amides is 1. The van der Waals surface area contributed by atoms with Gasteiger partial charge in [0.25, 0.3) is 5.91 Å². The highest BCUT2D eigenvalue weighted by molar-refractivity contribution is 5.87. The molecule has 0 radical (unpaired) electrons. The van der Waals surface area contributed by atoms with E-state index in [0.717, 1.165) is 24.3 Å². The van der Waals surface area contributed by atoms with Crippen molar-refractivity contribution in [1.29, 1.82) is 0 Å². The number of nitrogens with two attached hydrogens (primary N) is 1. The van der Waals surface area contributed by atoms with E-state index in [0.29, 0.717) is 24.8 Å². The molecule has 184 valence electrons. The van der Waals surface area contributed by atoms with Gasteiger partial charge < -0.3 is 15.0 Å². The van der Waals surface area contributed by atoms with Gasteiger partial charge in [-0.25, -0.2) is 0 Å². The molecule has 1 amide bonds. The van der Waals surface area contributed by atoms with Gasteiger partial charge in [0.2, 0.25) is 6.10 Å². The summed E-state index contributed by atoms with van der Waals surface area (Å²) in [6.45, 7) is 3.61. The summed E-state index contributed by atoms with van der Waals surface area (Å²) in [4.78, 5) is 12.2. The molecule has 34 heavy (non-hydrogen) atoms. The molecule has 0 aliphatic carbocycles. The van der Waals surface area contributed by atoms with Crippen LogP contribution < -0.4 is 10.5 Å². The average molecular weight is 488 g/mol. The SMILES string of the molecule is CCCc1cc2c(C(F)(F)F)noc2c(CCC)c1OC(C(N)=O)c1ccc(C(F)(F)F)cc1. The number of hydrogen-bond donors (Lipinski definition) is 1. The highest BCUT2D eigenvalue weighted by atomic mass is 19.4. The molecule has 0 bridgehead atoms. The van der Waals surface area contributed by atoms with Crippen LogP contribution in [0.25, 0.3) is 11.0 Å². The third kappa shape index (κ3) is 5.13. The smallest absolute Gasteiger partial charge is 0.437 e. The van der Waals surface area contributed by atoms with Crippen LogP contribution in [0.1, 0.15) is 60.7 Å². The first kappa shape index (κ1) is 25.4. The van der Waals surface area contributed by atoms with Gasteiger partial charge in [-0.05, 0) is 36.6 Å². The molecule has 11 heteroatoms. The monoisotopic (exact) mass is 488 g/mol. The van der Waals surface area contributed by atoms with E-state index >= 15 is 0 Å². The molecule has 1 aromatic heterocycles. The topological polar surface area (TPSA) is 78.3 Å². The van der Waals surface area contributed by atoms with Gasteiger partial charge >= 0.3 is 12.4 Å². The fraction of sp³-hybridized carbons (Fsp3) is 0.391. The number of halogens is 6. The number of hydrogen-bond acceptors (Lipinski definition) is 4. The van der Waals surface area contributed by atoms with E-state index in [1.54, 1.807) is 6.92 Å². The summed E-state index contributed by atoms with van der Waals surface area (Å²) < 4.78 is 90.1. The maximum atomic E-state index is 13.4. The molecule has 2 N–H and O–H groups in total. The van der Waals surface area contributed by atoms with E-state index in [-0.39, 0.29) is 34.3 Å². The van der Waals surface area contributed by atoms with E-state index in [1.165, 1.54) is 6.07 Å². The third-order valence-corrected chi connectivity index (χ3v) is 5.21. The van der Waals surface area contributed by atoms with E-state index in [1.807, 2.05) is 6.92 Å². The fourth-order valence-electron chi connectivity index (χ4n) is 3.72. The maximum absolute atomic E-state index is 13.4. The number of rotatable bonds is 8. The number of aromatic nitrogens is 1. The Morgan fingerprint density at radius 3 is 2.15 bits per heavy atom. The summed E-state index contributed by atoms with van der Waals surface area (Å²) >= 11 is 0. The lowest BCUT2D eigenvalue weighted by Gasteiger charge is -2.22. The lowest BCUT2D eigenvalue weighted by atomic mass is 9.97. The molecular weight excluding hydrogens is 466 g/mol. The number of nitrogens with zero attached hydrogens (tertiary/aromatic N) is 1. The number of carbonyl (C=O) groups excluding carboxylic acids is 1. The highest BCUT2D eigenvalue weighted by Gasteiger charge is 2.38. The van der Waals surface area contributed by atoms with Crippen LogP contribution in [0.5, 0.6) is 5.75 Å². The Labute approximate surface area is 190 Å². The number of amides is 1. The Morgan fingerprint density at radius 1 is 1.03 bits per heavy atom. The quantitative estimate of drug-likeness (QED) is 0.374. The number of ether oxygens (including phenoxy) is 1. The molecule has 1 atom stereocenters. The van der Waals surface area contributed by atoms with E-state index in [4.69, 9.17) is 15.0 Å². The minimum Gasteiger partial charge on any atom is -0.475 e. The van der Waals surface area contributed by atoms with Crippen LogP contribution >= 0.6 is 0 Å². The summed E-state index contributed by atoms with van der Waals surface area (Å²) in [5.74, 6) is -0.858. The number of carbonyl (C=O) groups is 1. The first-order chi connectivity index (χ1) is 15.9. The van der Waals surface area contributed by atoms with Gasteiger partial charge in [-0.3, -0.25) is 4.79 Å². The van der Waals surface area contributed by atoms with Crippen LogP contribution in [-0.2, 0) is 30.0 Å². The molecular formula is C23H22F6N2O3. The Balaban J connectivity index is 2.16. The zero-order valence-corrected chi connectivity index (χ0v) is 18.3. The van der Waals surface area contributed by atoms with Crippen molar-refractivity contribution in [3.63, 3.8) is 0 Å². The molecule has 3 aromatic rings. The largest absolute Gasteiger partial charge is 0.475 e. The molecule has 0 saturated heterocycles. The Morgan fingerprint density at radius 2 is 1.65 bits per heavy atom. The molecule has 0 saturated carbocycles. The van der Waals surface area contributed by atoms with Crippen molar-refractivity contribution in [3.8, 4) is 5.75 Å². The predicted molar refractivity (Wildman–Crippen MR) is 111 cm³/mol. The maximum Gasteiger partial charge on any atom is 0.437 e. The first-order valence-corrected chi connectivity index (χ1v) is 10.5. The highest BCUT2D eigenvalue weighted by Crippen LogP contribution is 2.42. The van der Waals surface area contributed by atoms with Crippen LogP contribution in [0.2, 0.25) is 0 Å². The second-order valence-corrected chi connectivity index (χ2v) is 7.77. The molecule has 1 heterocycles. The third-order valence-electron chi connectivity index (χ3n) is 5.21. The summed E-state index contributed by atoms with van der Waals surface area (Å²) in [7, 11) is 0. The standard InChI is InChI=1S/C23H22F6N2O3/c1-3-5-13-11-16-19(34-31-20(16)23(27,28)29)15(6-4-2)17(13)33-18(21(30)32)12-7-9-14(10-8-12)22(24,25)26/h7-11,18H,3-6H2,1-2H3,(H2,30,32). The van der Waals surface area contributed by atoms with Crippen molar-refractivity contribution in [1.82, 2.24) is 5.16 Å². The van der Waals surface area contributed by atoms with Gasteiger partial charge in [-0.2, -0.15) is 26.3 Å². The van der Waals surface area contributed by atoms with E-state index < -0.39 is 35.6 Å². The summed E-state index contributed by atoms with van der Waals surface area (Å²) in [5, 5.41) is 2.98. The Bertz CT molecular complexity index is 1170. The second-order valence-electron chi connectivity index (χ2n) is 7.77. The van der Waals surface area contributed by atoms with Gasteiger partial charge in [-0.15, -0.1) is 0 Å². The number of benzene rings is 2. The number of alkyl halides is 6. The number of fused-ring (bicyclic) bond motifs is 1. The minimum absolute atomic E-state index is 0.0686.